The van der Waals surface area contributed by atoms with E-state index in [-0.39, 0.29) is 16.9 Å². The molecule has 0 unspecified atom stereocenters. The second-order valence-corrected chi connectivity index (χ2v) is 13.1. The quantitative estimate of drug-likeness (QED) is 0.229. The molecule has 0 fully saturated rings. The Labute approximate surface area is 241 Å². The first-order chi connectivity index (χ1) is 19.2. The van der Waals surface area contributed by atoms with E-state index < -0.39 is 15.9 Å². The molecule has 0 aliphatic carbocycles. The van der Waals surface area contributed by atoms with Gasteiger partial charge in [-0.1, -0.05) is 26.8 Å². The first kappa shape index (κ1) is 29.9. The van der Waals surface area contributed by atoms with Crippen LogP contribution in [0.4, 0.5) is 17.1 Å². The molecule has 0 saturated heterocycles. The van der Waals surface area contributed by atoms with E-state index in [2.05, 4.69) is 19.6 Å². The third-order valence-corrected chi connectivity index (χ3v) is 7.59. The number of rotatable bonds is 8. The second-order valence-electron chi connectivity index (χ2n) is 11.3. The number of aryl methyl sites for hydroxylation is 2. The normalized spacial score (nSPS) is 13.9. The molecule has 220 valence electrons. The number of anilines is 3. The highest BCUT2D eigenvalue weighted by Crippen LogP contribution is 2.39. The number of nitrogens with zero attached hydrogens (tertiary/aromatic N) is 3. The first-order valence-electron chi connectivity index (χ1n) is 13.4. The highest BCUT2D eigenvalue weighted by molar-refractivity contribution is 7.92. The Morgan fingerprint density at radius 1 is 1.17 bits per heavy atom. The largest absolute Gasteiger partial charge is 0.492 e. The number of hydrogen-bond donors (Lipinski definition) is 4. The molecule has 0 bridgehead atoms. The fraction of sp³-hybridized carbons (Fsp3) is 0.379. The topological polar surface area (TPSA) is 158 Å². The van der Waals surface area contributed by atoms with Crippen LogP contribution in [0.5, 0.6) is 5.75 Å². The number of benzene rings is 2. The molecule has 1 aliphatic heterocycles. The molecule has 2 heterocycles. The molecule has 1 aliphatic rings. The monoisotopic (exact) mass is 581 g/mol. The molecule has 3 aromatic rings. The van der Waals surface area contributed by atoms with E-state index in [1.165, 1.54) is 12.1 Å². The van der Waals surface area contributed by atoms with Gasteiger partial charge in [-0.2, -0.15) is 0 Å². The number of imidazole rings is 1. The number of fused-ring (bicyclic) bond motifs is 1. The number of ether oxygens (including phenoxy) is 1. The maximum Gasteiger partial charge on any atom is 0.255 e. The van der Waals surface area contributed by atoms with Crippen molar-refractivity contribution in [3.63, 3.8) is 0 Å². The van der Waals surface area contributed by atoms with Crippen LogP contribution in [0, 0.1) is 6.92 Å². The number of amides is 1. The molecule has 12 heteroatoms. The lowest BCUT2D eigenvalue weighted by atomic mass is 9.86. The number of nitrogens with two attached hydrogens (primary N) is 2. The minimum atomic E-state index is -3.60. The molecule has 1 aromatic heterocycles. The molecule has 11 nitrogen and oxygen atoms in total. The van der Waals surface area contributed by atoms with Crippen LogP contribution in [-0.2, 0) is 28.4 Å². The summed E-state index contributed by atoms with van der Waals surface area (Å²) in [5.41, 5.74) is 10.5. The Balaban J connectivity index is 1.65. The molecular weight excluding hydrogens is 542 g/mol. The van der Waals surface area contributed by atoms with Gasteiger partial charge in [-0.25, -0.2) is 19.2 Å². The highest BCUT2D eigenvalue weighted by Gasteiger charge is 2.23. The van der Waals surface area contributed by atoms with Crippen molar-refractivity contribution in [2.45, 2.75) is 58.9 Å². The van der Waals surface area contributed by atoms with E-state index >= 15 is 0 Å². The summed E-state index contributed by atoms with van der Waals surface area (Å²) >= 11 is 0. The van der Waals surface area contributed by atoms with Gasteiger partial charge in [0.2, 0.25) is 10.0 Å². The Morgan fingerprint density at radius 2 is 1.88 bits per heavy atom. The zero-order valence-electron chi connectivity index (χ0n) is 24.4. The molecular formula is C29H39N7O4S. The maximum atomic E-state index is 13.5. The first-order valence-corrected chi connectivity index (χ1v) is 15.3. The summed E-state index contributed by atoms with van der Waals surface area (Å²) in [5.74, 6) is 7.22. The number of aromatic nitrogens is 2. The number of nitrogens with one attached hydrogen (secondary N) is 2. The van der Waals surface area contributed by atoms with Crippen LogP contribution in [0.15, 0.2) is 42.7 Å². The van der Waals surface area contributed by atoms with Crippen molar-refractivity contribution in [1.29, 1.82) is 0 Å². The van der Waals surface area contributed by atoms with E-state index in [0.717, 1.165) is 54.7 Å². The summed E-state index contributed by atoms with van der Waals surface area (Å²) in [7, 11) is -2.19. The van der Waals surface area contributed by atoms with Gasteiger partial charge < -0.3 is 20.4 Å². The van der Waals surface area contributed by atoms with Crippen molar-refractivity contribution in [1.82, 2.24) is 9.55 Å². The van der Waals surface area contributed by atoms with Crippen LogP contribution in [0.25, 0.3) is 5.70 Å². The Hall–Kier alpha value is -4.03. The van der Waals surface area contributed by atoms with E-state index in [1.54, 1.807) is 42.7 Å². The maximum absolute atomic E-state index is 13.5. The van der Waals surface area contributed by atoms with Gasteiger partial charge in [-0.15, -0.1) is 0 Å². The molecule has 0 saturated carbocycles. The minimum absolute atomic E-state index is 0.199. The molecule has 0 radical (unpaired) electrons. The summed E-state index contributed by atoms with van der Waals surface area (Å²) in [6.07, 6.45) is 7.56. The highest BCUT2D eigenvalue weighted by atomic mass is 32.2. The number of hydrazine groups is 1. The zero-order valence-corrected chi connectivity index (χ0v) is 25.2. The molecule has 1 amide bonds. The molecule has 0 atom stereocenters. The Bertz CT molecular complexity index is 1600. The van der Waals surface area contributed by atoms with E-state index in [0.29, 0.717) is 22.6 Å². The van der Waals surface area contributed by atoms with Crippen LogP contribution in [0.2, 0.25) is 0 Å². The molecule has 41 heavy (non-hydrogen) atoms. The van der Waals surface area contributed by atoms with Crippen molar-refractivity contribution in [3.05, 3.63) is 70.9 Å². The predicted molar refractivity (Wildman–Crippen MR) is 163 cm³/mol. The molecule has 0 spiro atoms. The fourth-order valence-corrected chi connectivity index (χ4v) is 5.36. The number of carbonyl (C=O) groups excluding carboxylic acids is 1. The van der Waals surface area contributed by atoms with Crippen molar-refractivity contribution in [2.24, 2.45) is 11.6 Å². The lowest BCUT2D eigenvalue weighted by Crippen LogP contribution is -2.27. The van der Waals surface area contributed by atoms with Gasteiger partial charge in [0, 0.05) is 24.7 Å². The van der Waals surface area contributed by atoms with Gasteiger partial charge in [0.05, 0.1) is 48.0 Å². The Kier molecular flexibility index (Phi) is 8.36. The average molecular weight is 582 g/mol. The van der Waals surface area contributed by atoms with Crippen LogP contribution in [0.3, 0.4) is 0 Å². The lowest BCUT2D eigenvalue weighted by Gasteiger charge is -2.24. The Morgan fingerprint density at radius 3 is 2.54 bits per heavy atom. The number of carbonyl (C=O) groups is 1. The standard InChI is InChI=1S/C29H39N7O4S/c1-18-10-11-19(13-24(18)36(31)17-21(30)25-16-32-26-9-7-8-12-35(25)26)28(37)33-22-14-20(29(2,3)4)15-23(27(22)40-5)34-41(6,38)39/h10-11,13-17,34H,7-9,12,30-31H2,1-6H3,(H,33,37)/b21-17-. The van der Waals surface area contributed by atoms with Crippen molar-refractivity contribution < 1.29 is 17.9 Å². The third kappa shape index (κ3) is 6.83. The van der Waals surface area contributed by atoms with Gasteiger partial charge >= 0.3 is 0 Å². The predicted octanol–water partition coefficient (Wildman–Crippen LogP) is 4.10. The smallest absolute Gasteiger partial charge is 0.255 e. The number of methoxy groups -OCH3 is 1. The van der Waals surface area contributed by atoms with Gasteiger partial charge in [0.1, 0.15) is 5.82 Å². The summed E-state index contributed by atoms with van der Waals surface area (Å²) in [6.45, 7) is 8.73. The second kappa shape index (κ2) is 11.5. The van der Waals surface area contributed by atoms with Gasteiger partial charge in [0.15, 0.2) is 5.75 Å². The minimum Gasteiger partial charge on any atom is -0.492 e. The summed E-state index contributed by atoms with van der Waals surface area (Å²) in [5, 5.41) is 4.29. The van der Waals surface area contributed by atoms with Gasteiger partial charge in [0.25, 0.3) is 5.91 Å². The van der Waals surface area contributed by atoms with Crippen LogP contribution < -0.4 is 31.4 Å². The fourth-order valence-electron chi connectivity index (χ4n) is 4.81. The van der Waals surface area contributed by atoms with E-state index in [4.69, 9.17) is 16.3 Å². The number of sulfonamides is 1. The molecule has 2 aromatic carbocycles. The summed E-state index contributed by atoms with van der Waals surface area (Å²) in [4.78, 5) is 18.0. The van der Waals surface area contributed by atoms with Gasteiger partial charge in [-0.3, -0.25) is 14.5 Å². The zero-order chi connectivity index (χ0) is 30.1. The van der Waals surface area contributed by atoms with Crippen LogP contribution >= 0.6 is 0 Å². The average Bonchev–Trinajstić information content (AvgIpc) is 3.31. The van der Waals surface area contributed by atoms with Crippen molar-refractivity contribution in [3.8, 4) is 5.75 Å². The lowest BCUT2D eigenvalue weighted by molar-refractivity contribution is 0.102. The van der Waals surface area contributed by atoms with Crippen LogP contribution in [-0.4, -0.2) is 37.2 Å². The van der Waals surface area contributed by atoms with Crippen LogP contribution in [0.1, 0.15) is 66.6 Å². The van der Waals surface area contributed by atoms with Gasteiger partial charge in [-0.05, 0) is 60.6 Å². The number of hydrogen-bond acceptors (Lipinski definition) is 8. The summed E-state index contributed by atoms with van der Waals surface area (Å²) < 4.78 is 34.2. The SMILES string of the molecule is COc1c(NC(=O)c2ccc(C)c(N(N)/C=C(\N)c3cnc4n3CCCC4)c2)cc(C(C)(C)C)cc1NS(C)(=O)=O. The van der Waals surface area contributed by atoms with Crippen molar-refractivity contribution >= 4 is 38.7 Å². The van der Waals surface area contributed by atoms with E-state index in [9.17, 15) is 13.2 Å². The molecule has 6 N–H and O–H groups in total. The molecule has 4 rings (SSSR count). The summed E-state index contributed by atoms with van der Waals surface area (Å²) in [6, 6.07) is 8.66. The van der Waals surface area contributed by atoms with E-state index in [1.807, 2.05) is 27.7 Å². The van der Waals surface area contributed by atoms with Crippen molar-refractivity contribution in [2.75, 3.05) is 28.4 Å². The third-order valence-electron chi connectivity index (χ3n) is 7.00.